The van der Waals surface area contributed by atoms with E-state index in [1.165, 1.54) is 0 Å². The van der Waals surface area contributed by atoms with E-state index in [4.69, 9.17) is 9.47 Å². The van der Waals surface area contributed by atoms with Crippen molar-refractivity contribution < 1.29 is 9.47 Å². The molecular weight excluding hydrogens is 236 g/mol. The van der Waals surface area contributed by atoms with Gasteiger partial charge in [0.2, 0.25) is 5.79 Å². The van der Waals surface area contributed by atoms with Gasteiger partial charge in [-0.2, -0.15) is 0 Å². The van der Waals surface area contributed by atoms with E-state index < -0.39 is 5.79 Å². The number of benzene rings is 2. The van der Waals surface area contributed by atoms with E-state index in [1.807, 2.05) is 36.4 Å². The molecule has 2 heteroatoms. The van der Waals surface area contributed by atoms with Crippen LogP contribution in [0.1, 0.15) is 25.0 Å². The molecule has 3 rings (SSSR count). The molecule has 0 saturated carbocycles. The van der Waals surface area contributed by atoms with Crippen LogP contribution >= 0.6 is 0 Å². The first kappa shape index (κ1) is 12.4. The minimum atomic E-state index is -0.776. The highest BCUT2D eigenvalue weighted by Gasteiger charge is 2.46. The summed E-state index contributed by atoms with van der Waals surface area (Å²) in [4.78, 5) is 0. The minimum absolute atomic E-state index is 0.0698. The number of hydrogen-bond donors (Lipinski definition) is 0. The molecule has 1 aliphatic rings. The summed E-state index contributed by atoms with van der Waals surface area (Å²) in [6.45, 7) is 4.11. The third-order valence-electron chi connectivity index (χ3n) is 3.67. The molecule has 0 aliphatic carbocycles. The zero-order valence-electron chi connectivity index (χ0n) is 11.2. The van der Waals surface area contributed by atoms with Crippen molar-refractivity contribution in [2.45, 2.75) is 31.8 Å². The van der Waals surface area contributed by atoms with Crippen LogP contribution in [0.5, 0.6) is 0 Å². The zero-order chi connectivity index (χ0) is 13.3. The van der Waals surface area contributed by atoms with Gasteiger partial charge in [0.1, 0.15) is 0 Å². The first-order chi connectivity index (χ1) is 9.22. The Hall–Kier alpha value is -1.64. The highest BCUT2D eigenvalue weighted by atomic mass is 16.8. The fourth-order valence-corrected chi connectivity index (χ4v) is 2.50. The molecule has 2 aromatic carbocycles. The normalized spacial score (nSPS) is 25.4. The van der Waals surface area contributed by atoms with E-state index in [-0.39, 0.29) is 12.2 Å². The van der Waals surface area contributed by atoms with Crippen molar-refractivity contribution in [2.75, 3.05) is 0 Å². The topological polar surface area (TPSA) is 18.5 Å². The van der Waals surface area contributed by atoms with E-state index in [9.17, 15) is 0 Å². The molecule has 1 saturated heterocycles. The van der Waals surface area contributed by atoms with Gasteiger partial charge in [-0.25, -0.2) is 0 Å². The maximum atomic E-state index is 6.21. The first-order valence-electron chi connectivity index (χ1n) is 6.69. The Morgan fingerprint density at radius 1 is 0.684 bits per heavy atom. The van der Waals surface area contributed by atoms with Gasteiger partial charge in [-0.15, -0.1) is 0 Å². The van der Waals surface area contributed by atoms with Crippen LogP contribution in [0, 0.1) is 0 Å². The summed E-state index contributed by atoms with van der Waals surface area (Å²) in [5, 5.41) is 0. The van der Waals surface area contributed by atoms with Gasteiger partial charge in [-0.1, -0.05) is 60.7 Å². The third kappa shape index (κ3) is 2.07. The quantitative estimate of drug-likeness (QED) is 0.813. The molecule has 1 fully saturated rings. The van der Waals surface area contributed by atoms with Crippen molar-refractivity contribution in [3.63, 3.8) is 0 Å². The second kappa shape index (κ2) is 4.80. The average molecular weight is 254 g/mol. The van der Waals surface area contributed by atoms with E-state index in [0.29, 0.717) is 0 Å². The second-order valence-corrected chi connectivity index (χ2v) is 4.99. The van der Waals surface area contributed by atoms with Crippen molar-refractivity contribution in [3.8, 4) is 0 Å². The Morgan fingerprint density at radius 3 is 1.42 bits per heavy atom. The molecule has 0 amide bonds. The Morgan fingerprint density at radius 2 is 1.05 bits per heavy atom. The maximum absolute atomic E-state index is 6.21. The predicted molar refractivity (Wildman–Crippen MR) is 74.8 cm³/mol. The molecule has 0 bridgehead atoms. The number of hydrogen-bond acceptors (Lipinski definition) is 2. The lowest BCUT2D eigenvalue weighted by Crippen LogP contribution is -2.29. The van der Waals surface area contributed by atoms with Gasteiger partial charge in [-0.05, 0) is 13.8 Å². The second-order valence-electron chi connectivity index (χ2n) is 4.99. The summed E-state index contributed by atoms with van der Waals surface area (Å²) in [5.74, 6) is -0.776. The van der Waals surface area contributed by atoms with E-state index in [1.54, 1.807) is 0 Å². The molecule has 2 atom stereocenters. The molecule has 1 aliphatic heterocycles. The SMILES string of the molecule is C[C@@H]1OC(c2ccccc2)(c2ccccc2)O[C@H]1C. The molecule has 2 nitrogen and oxygen atoms in total. The van der Waals surface area contributed by atoms with Crippen LogP contribution in [0.2, 0.25) is 0 Å². The Kier molecular flexibility index (Phi) is 3.13. The molecule has 19 heavy (non-hydrogen) atoms. The van der Waals surface area contributed by atoms with E-state index in [2.05, 4.69) is 38.1 Å². The van der Waals surface area contributed by atoms with Crippen molar-refractivity contribution in [3.05, 3.63) is 71.8 Å². The number of ether oxygens (including phenoxy) is 2. The van der Waals surface area contributed by atoms with E-state index in [0.717, 1.165) is 11.1 Å². The lowest BCUT2D eigenvalue weighted by atomic mass is 9.97. The summed E-state index contributed by atoms with van der Waals surface area (Å²) in [7, 11) is 0. The van der Waals surface area contributed by atoms with Crippen molar-refractivity contribution in [1.82, 2.24) is 0 Å². The van der Waals surface area contributed by atoms with Crippen LogP contribution in [0.25, 0.3) is 0 Å². The van der Waals surface area contributed by atoms with Crippen LogP contribution in [-0.4, -0.2) is 12.2 Å². The minimum Gasteiger partial charge on any atom is -0.336 e. The molecule has 0 N–H and O–H groups in total. The van der Waals surface area contributed by atoms with Gasteiger partial charge in [-0.3, -0.25) is 0 Å². The molecule has 0 spiro atoms. The van der Waals surface area contributed by atoms with Crippen LogP contribution in [0.15, 0.2) is 60.7 Å². The highest BCUT2D eigenvalue weighted by molar-refractivity contribution is 5.34. The average Bonchev–Trinajstić information content (AvgIpc) is 2.78. The lowest BCUT2D eigenvalue weighted by Gasteiger charge is -2.29. The Bertz CT molecular complexity index is 484. The van der Waals surface area contributed by atoms with Crippen molar-refractivity contribution in [2.24, 2.45) is 0 Å². The summed E-state index contributed by atoms with van der Waals surface area (Å²) in [6, 6.07) is 20.3. The monoisotopic (exact) mass is 254 g/mol. The molecule has 0 aromatic heterocycles. The summed E-state index contributed by atoms with van der Waals surface area (Å²) >= 11 is 0. The van der Waals surface area contributed by atoms with Crippen LogP contribution < -0.4 is 0 Å². The van der Waals surface area contributed by atoms with Gasteiger partial charge in [0, 0.05) is 11.1 Å². The van der Waals surface area contributed by atoms with Gasteiger partial charge in [0.05, 0.1) is 12.2 Å². The summed E-state index contributed by atoms with van der Waals surface area (Å²) < 4.78 is 12.4. The van der Waals surface area contributed by atoms with Crippen LogP contribution in [0.4, 0.5) is 0 Å². The fourth-order valence-electron chi connectivity index (χ4n) is 2.50. The Labute approximate surface area is 114 Å². The Balaban J connectivity index is 2.13. The standard InChI is InChI=1S/C17H18O2/c1-13-14(2)19-17(18-13,15-9-5-3-6-10-15)16-11-7-4-8-12-16/h3-14H,1-2H3/t13-,14-/m0/s1. The van der Waals surface area contributed by atoms with Gasteiger partial charge < -0.3 is 9.47 Å². The predicted octanol–water partition coefficient (Wildman–Crippen LogP) is 3.71. The van der Waals surface area contributed by atoms with Crippen molar-refractivity contribution in [1.29, 1.82) is 0 Å². The zero-order valence-corrected chi connectivity index (χ0v) is 11.2. The van der Waals surface area contributed by atoms with Crippen molar-refractivity contribution >= 4 is 0 Å². The molecule has 98 valence electrons. The first-order valence-corrected chi connectivity index (χ1v) is 6.69. The largest absolute Gasteiger partial charge is 0.336 e. The van der Waals surface area contributed by atoms with Crippen LogP contribution in [0.3, 0.4) is 0 Å². The molecule has 1 heterocycles. The van der Waals surface area contributed by atoms with Gasteiger partial charge in [0.15, 0.2) is 0 Å². The molecular formula is C17H18O2. The molecule has 0 radical (unpaired) electrons. The summed E-state index contributed by atoms with van der Waals surface area (Å²) in [5.41, 5.74) is 2.08. The van der Waals surface area contributed by atoms with E-state index >= 15 is 0 Å². The molecule has 0 unspecified atom stereocenters. The highest BCUT2D eigenvalue weighted by Crippen LogP contribution is 2.42. The lowest BCUT2D eigenvalue weighted by molar-refractivity contribution is -0.147. The third-order valence-corrected chi connectivity index (χ3v) is 3.67. The van der Waals surface area contributed by atoms with Gasteiger partial charge >= 0.3 is 0 Å². The smallest absolute Gasteiger partial charge is 0.223 e. The van der Waals surface area contributed by atoms with Crippen LogP contribution in [-0.2, 0) is 15.3 Å². The van der Waals surface area contributed by atoms with Gasteiger partial charge in [0.25, 0.3) is 0 Å². The number of rotatable bonds is 2. The summed E-state index contributed by atoms with van der Waals surface area (Å²) in [6.07, 6.45) is 0.140. The molecule has 2 aromatic rings. The fraction of sp³-hybridized carbons (Fsp3) is 0.294. The maximum Gasteiger partial charge on any atom is 0.223 e.